The lowest BCUT2D eigenvalue weighted by Gasteiger charge is -2.13. The maximum absolute atomic E-state index is 12.9. The van der Waals surface area contributed by atoms with Crippen LogP contribution in [-0.2, 0) is 27.1 Å². The van der Waals surface area contributed by atoms with Crippen LogP contribution < -0.4 is 10.0 Å². The van der Waals surface area contributed by atoms with E-state index in [1.54, 1.807) is 56.3 Å². The third-order valence-corrected chi connectivity index (χ3v) is 5.15. The second-order valence-electron chi connectivity index (χ2n) is 6.40. The number of carbonyl (C=O) groups is 1. The summed E-state index contributed by atoms with van der Waals surface area (Å²) in [6.45, 7) is 3.73. The maximum atomic E-state index is 12.9. The van der Waals surface area contributed by atoms with Gasteiger partial charge in [0.15, 0.2) is 0 Å². The van der Waals surface area contributed by atoms with E-state index in [4.69, 9.17) is 0 Å². The summed E-state index contributed by atoms with van der Waals surface area (Å²) in [5, 5.41) is 2.73. The van der Waals surface area contributed by atoms with E-state index in [9.17, 15) is 17.6 Å². The number of rotatable bonds is 8. The lowest BCUT2D eigenvalue weighted by Crippen LogP contribution is -2.31. The minimum atomic E-state index is -3.45. The Balaban J connectivity index is 1.99. The van der Waals surface area contributed by atoms with Crippen molar-refractivity contribution in [2.45, 2.75) is 32.2 Å². The molecule has 0 atom stereocenters. The number of halogens is 1. The zero-order valence-electron chi connectivity index (χ0n) is 15.3. The molecule has 1 amide bonds. The van der Waals surface area contributed by atoms with Crippen LogP contribution in [0.4, 0.5) is 4.39 Å². The lowest BCUT2D eigenvalue weighted by molar-refractivity contribution is -0.116. The summed E-state index contributed by atoms with van der Waals surface area (Å²) in [6, 6.07) is 12.7. The summed E-state index contributed by atoms with van der Waals surface area (Å²) in [6.07, 6.45) is 2.94. The molecule has 0 saturated heterocycles. The topological polar surface area (TPSA) is 75.3 Å². The average Bonchev–Trinajstić information content (AvgIpc) is 2.59. The van der Waals surface area contributed by atoms with Gasteiger partial charge in [0.1, 0.15) is 5.82 Å². The van der Waals surface area contributed by atoms with Crippen molar-refractivity contribution in [1.82, 2.24) is 10.0 Å². The van der Waals surface area contributed by atoms with Crippen molar-refractivity contribution in [1.29, 1.82) is 0 Å². The number of nitrogens with one attached hydrogen (secondary N) is 2. The molecule has 2 aromatic carbocycles. The van der Waals surface area contributed by atoms with Crippen molar-refractivity contribution in [3.8, 4) is 0 Å². The molecule has 27 heavy (non-hydrogen) atoms. The largest absolute Gasteiger partial charge is 0.348 e. The van der Waals surface area contributed by atoms with Crippen LogP contribution in [-0.4, -0.2) is 20.4 Å². The molecule has 0 aliphatic rings. The Kier molecular flexibility index (Phi) is 7.27. The van der Waals surface area contributed by atoms with Gasteiger partial charge < -0.3 is 5.32 Å². The van der Waals surface area contributed by atoms with Gasteiger partial charge in [-0.15, -0.1) is 0 Å². The van der Waals surface area contributed by atoms with E-state index < -0.39 is 10.0 Å². The Bertz CT molecular complexity index is 907. The molecule has 2 N–H and O–H groups in total. The molecule has 0 spiro atoms. The SMILES string of the molecule is CC(C)NS(=O)(=O)Cc1ccccc1CNC(=O)/C=C/c1ccc(F)cc1. The van der Waals surface area contributed by atoms with Gasteiger partial charge in [0.2, 0.25) is 15.9 Å². The van der Waals surface area contributed by atoms with Crippen LogP contribution >= 0.6 is 0 Å². The molecule has 0 aliphatic carbocycles. The Morgan fingerprint density at radius 1 is 1.07 bits per heavy atom. The first-order valence-corrected chi connectivity index (χ1v) is 10.2. The molecule has 0 saturated carbocycles. The molecular formula is C20H23FN2O3S. The Morgan fingerprint density at radius 3 is 2.33 bits per heavy atom. The summed E-state index contributed by atoms with van der Waals surface area (Å²) in [7, 11) is -3.45. The molecule has 2 rings (SSSR count). The van der Waals surface area contributed by atoms with Gasteiger partial charge in [0.05, 0.1) is 5.75 Å². The predicted molar refractivity (Wildman–Crippen MR) is 105 cm³/mol. The van der Waals surface area contributed by atoms with Gasteiger partial charge in [0.25, 0.3) is 0 Å². The van der Waals surface area contributed by atoms with Crippen LogP contribution in [0, 0.1) is 5.82 Å². The fraction of sp³-hybridized carbons (Fsp3) is 0.250. The van der Waals surface area contributed by atoms with Crippen molar-refractivity contribution >= 4 is 22.0 Å². The lowest BCUT2D eigenvalue weighted by atomic mass is 10.1. The van der Waals surface area contributed by atoms with Gasteiger partial charge in [-0.3, -0.25) is 4.79 Å². The van der Waals surface area contributed by atoms with E-state index in [2.05, 4.69) is 10.0 Å². The normalized spacial score (nSPS) is 11.9. The van der Waals surface area contributed by atoms with E-state index in [1.807, 2.05) is 0 Å². The van der Waals surface area contributed by atoms with Gasteiger partial charge in [-0.2, -0.15) is 0 Å². The monoisotopic (exact) mass is 390 g/mol. The molecule has 5 nitrogen and oxygen atoms in total. The summed E-state index contributed by atoms with van der Waals surface area (Å²) in [5.74, 6) is -0.810. The fourth-order valence-electron chi connectivity index (χ4n) is 2.46. The number of hydrogen-bond donors (Lipinski definition) is 2. The highest BCUT2D eigenvalue weighted by molar-refractivity contribution is 7.88. The first-order chi connectivity index (χ1) is 12.7. The van der Waals surface area contributed by atoms with E-state index in [0.717, 1.165) is 5.56 Å². The Labute approximate surface area is 159 Å². The zero-order valence-corrected chi connectivity index (χ0v) is 16.1. The molecule has 0 aliphatic heterocycles. The van der Waals surface area contributed by atoms with Crippen LogP contribution in [0.2, 0.25) is 0 Å². The zero-order chi connectivity index (χ0) is 19.9. The fourth-order valence-corrected chi connectivity index (χ4v) is 3.96. The van der Waals surface area contributed by atoms with Crippen molar-refractivity contribution in [2.75, 3.05) is 0 Å². The van der Waals surface area contributed by atoms with Crippen molar-refractivity contribution < 1.29 is 17.6 Å². The molecule has 0 aromatic heterocycles. The summed E-state index contributed by atoms with van der Waals surface area (Å²) < 4.78 is 39.7. The van der Waals surface area contributed by atoms with Crippen LogP contribution in [0.3, 0.4) is 0 Å². The number of benzene rings is 2. The molecule has 2 aromatic rings. The van der Waals surface area contributed by atoms with Crippen molar-refractivity contribution in [3.05, 3.63) is 77.1 Å². The number of sulfonamides is 1. The summed E-state index contributed by atoms with van der Waals surface area (Å²) in [5.41, 5.74) is 2.07. The highest BCUT2D eigenvalue weighted by Gasteiger charge is 2.15. The summed E-state index contributed by atoms with van der Waals surface area (Å²) >= 11 is 0. The number of amides is 1. The van der Waals surface area contributed by atoms with Gasteiger partial charge in [-0.1, -0.05) is 36.4 Å². The van der Waals surface area contributed by atoms with Crippen LogP contribution in [0.5, 0.6) is 0 Å². The van der Waals surface area contributed by atoms with E-state index in [1.165, 1.54) is 18.2 Å². The molecule has 0 fully saturated rings. The molecule has 0 unspecified atom stereocenters. The third-order valence-electron chi connectivity index (χ3n) is 3.63. The van der Waals surface area contributed by atoms with Gasteiger partial charge >= 0.3 is 0 Å². The van der Waals surface area contributed by atoms with Gasteiger partial charge in [-0.05, 0) is 48.7 Å². The van der Waals surface area contributed by atoms with Gasteiger partial charge in [0, 0.05) is 18.7 Å². The molecular weight excluding hydrogens is 367 g/mol. The highest BCUT2D eigenvalue weighted by atomic mass is 32.2. The van der Waals surface area contributed by atoms with E-state index in [0.29, 0.717) is 11.1 Å². The molecule has 0 heterocycles. The smallest absolute Gasteiger partial charge is 0.244 e. The van der Waals surface area contributed by atoms with Crippen LogP contribution in [0.25, 0.3) is 6.08 Å². The molecule has 7 heteroatoms. The molecule has 0 radical (unpaired) electrons. The molecule has 144 valence electrons. The predicted octanol–water partition coefficient (Wildman–Crippen LogP) is 2.98. The quantitative estimate of drug-likeness (QED) is 0.681. The number of hydrogen-bond acceptors (Lipinski definition) is 3. The molecule has 0 bridgehead atoms. The van der Waals surface area contributed by atoms with E-state index in [-0.39, 0.29) is 30.1 Å². The van der Waals surface area contributed by atoms with Crippen molar-refractivity contribution in [2.24, 2.45) is 0 Å². The Morgan fingerprint density at radius 2 is 1.70 bits per heavy atom. The Hall–Kier alpha value is -2.51. The van der Waals surface area contributed by atoms with Gasteiger partial charge in [-0.25, -0.2) is 17.5 Å². The van der Waals surface area contributed by atoms with E-state index >= 15 is 0 Å². The van der Waals surface area contributed by atoms with Crippen LogP contribution in [0.1, 0.15) is 30.5 Å². The van der Waals surface area contributed by atoms with Crippen LogP contribution in [0.15, 0.2) is 54.6 Å². The number of carbonyl (C=O) groups excluding carboxylic acids is 1. The first kappa shape index (κ1) is 20.8. The standard InChI is InChI=1S/C20H23FN2O3S/c1-15(2)23-27(25,26)14-18-6-4-3-5-17(18)13-22-20(24)12-9-16-7-10-19(21)11-8-16/h3-12,15,23H,13-14H2,1-2H3,(H,22,24)/b12-9+. The second-order valence-corrected chi connectivity index (χ2v) is 8.16. The van der Waals surface area contributed by atoms with Crippen molar-refractivity contribution in [3.63, 3.8) is 0 Å². The minimum absolute atomic E-state index is 0.150. The first-order valence-electron chi connectivity index (χ1n) is 8.53. The average molecular weight is 390 g/mol. The second kappa shape index (κ2) is 9.43. The maximum Gasteiger partial charge on any atom is 0.244 e. The third kappa shape index (κ3) is 7.32. The summed E-state index contributed by atoms with van der Waals surface area (Å²) in [4.78, 5) is 12.0. The highest BCUT2D eigenvalue weighted by Crippen LogP contribution is 2.12. The minimum Gasteiger partial charge on any atom is -0.348 e.